The van der Waals surface area contributed by atoms with E-state index in [1.807, 2.05) is 31.2 Å². The zero-order valence-electron chi connectivity index (χ0n) is 14.3. The van der Waals surface area contributed by atoms with Crippen molar-refractivity contribution in [3.63, 3.8) is 0 Å². The molecule has 3 rings (SSSR count). The van der Waals surface area contributed by atoms with Crippen LogP contribution in [0, 0.1) is 6.92 Å². The number of hydrogen-bond acceptors (Lipinski definition) is 6. The Balaban J connectivity index is 1.74. The molecule has 0 saturated carbocycles. The number of hydrogen-bond donors (Lipinski definition) is 1. The van der Waals surface area contributed by atoms with Gasteiger partial charge in [0, 0.05) is 17.7 Å². The quantitative estimate of drug-likeness (QED) is 0.639. The zero-order chi connectivity index (χ0) is 17.9. The second kappa shape index (κ2) is 7.49. The second-order valence-corrected chi connectivity index (χ2v) is 9.53. The maximum atomic E-state index is 11.6. The fraction of sp³-hybridized carbons (Fsp3) is 0.333. The monoisotopic (exact) mass is 375 g/mol. The lowest BCUT2D eigenvalue weighted by Crippen LogP contribution is -2.10. The van der Waals surface area contributed by atoms with Crippen molar-refractivity contribution in [3.05, 3.63) is 52.7 Å². The van der Waals surface area contributed by atoms with Gasteiger partial charge < -0.3 is 5.32 Å². The maximum Gasteiger partial charge on any atom is 0.154 e. The van der Waals surface area contributed by atoms with Crippen LogP contribution in [-0.2, 0) is 22.0 Å². The van der Waals surface area contributed by atoms with Crippen LogP contribution in [-0.4, -0.2) is 31.2 Å². The van der Waals surface area contributed by atoms with Crippen molar-refractivity contribution in [2.45, 2.75) is 25.5 Å². The third-order valence-corrected chi connectivity index (χ3v) is 5.46. The molecule has 0 atom stereocenters. The predicted molar refractivity (Wildman–Crippen MR) is 104 cm³/mol. The van der Waals surface area contributed by atoms with E-state index < -0.39 is 9.84 Å². The predicted octanol–water partition coefficient (Wildman–Crippen LogP) is 3.59. The summed E-state index contributed by atoms with van der Waals surface area (Å²) in [4.78, 5) is 10.8. The summed E-state index contributed by atoms with van der Waals surface area (Å²) in [6.45, 7) is 2.79. The van der Waals surface area contributed by atoms with Crippen LogP contribution < -0.4 is 5.32 Å². The molecule has 5 nitrogen and oxygen atoms in total. The van der Waals surface area contributed by atoms with Crippen molar-refractivity contribution in [2.75, 3.05) is 18.1 Å². The number of aromatic nitrogens is 2. The van der Waals surface area contributed by atoms with Gasteiger partial charge in [0.1, 0.15) is 22.2 Å². The van der Waals surface area contributed by atoms with Gasteiger partial charge >= 0.3 is 0 Å². The van der Waals surface area contributed by atoms with Crippen LogP contribution in [0.4, 0.5) is 5.82 Å². The van der Waals surface area contributed by atoms with Crippen LogP contribution >= 0.6 is 11.3 Å². The Labute approximate surface area is 152 Å². The number of sulfone groups is 1. The van der Waals surface area contributed by atoms with Crippen LogP contribution in [0.5, 0.6) is 0 Å². The molecule has 3 aromatic rings. The molecule has 0 bridgehead atoms. The fourth-order valence-corrected chi connectivity index (χ4v) is 4.16. The molecule has 0 fully saturated rings. The summed E-state index contributed by atoms with van der Waals surface area (Å²) in [6, 6.07) is 12.4. The number of thiophene rings is 1. The maximum absolute atomic E-state index is 11.6. The molecule has 2 heterocycles. The summed E-state index contributed by atoms with van der Waals surface area (Å²) in [5, 5.41) is 4.32. The van der Waals surface area contributed by atoms with Gasteiger partial charge in [-0.2, -0.15) is 0 Å². The summed E-state index contributed by atoms with van der Waals surface area (Å²) in [5.74, 6) is 0.932. The third kappa shape index (κ3) is 4.99. The summed E-state index contributed by atoms with van der Waals surface area (Å²) in [5.41, 5.74) is 1.31. The highest BCUT2D eigenvalue weighted by Gasteiger charge is 2.14. The van der Waals surface area contributed by atoms with Crippen molar-refractivity contribution in [3.8, 4) is 0 Å². The Morgan fingerprint density at radius 2 is 1.92 bits per heavy atom. The third-order valence-electron chi connectivity index (χ3n) is 3.73. The normalized spacial score (nSPS) is 11.8. The van der Waals surface area contributed by atoms with Crippen LogP contribution in [0.25, 0.3) is 10.2 Å². The van der Waals surface area contributed by atoms with Gasteiger partial charge in [-0.15, -0.1) is 11.3 Å². The minimum absolute atomic E-state index is 0.140. The van der Waals surface area contributed by atoms with E-state index in [2.05, 4.69) is 27.4 Å². The molecule has 25 heavy (non-hydrogen) atoms. The SMILES string of the molecule is Cc1cc2c(NCCCc3ccccc3)nc(CS(C)(=O)=O)nc2s1. The van der Waals surface area contributed by atoms with Crippen LogP contribution in [0.1, 0.15) is 22.7 Å². The molecular weight excluding hydrogens is 354 g/mol. The molecule has 0 amide bonds. The summed E-state index contributed by atoms with van der Waals surface area (Å²) in [7, 11) is -3.17. The average Bonchev–Trinajstić information content (AvgIpc) is 2.91. The molecule has 1 N–H and O–H groups in total. The molecule has 0 spiro atoms. The van der Waals surface area contributed by atoms with Gasteiger partial charge in [0.25, 0.3) is 0 Å². The second-order valence-electron chi connectivity index (χ2n) is 6.15. The van der Waals surface area contributed by atoms with Crippen molar-refractivity contribution in [1.29, 1.82) is 0 Å². The molecule has 0 unspecified atom stereocenters. The first kappa shape index (κ1) is 17.8. The Morgan fingerprint density at radius 3 is 2.64 bits per heavy atom. The van der Waals surface area contributed by atoms with Gasteiger partial charge in [-0.05, 0) is 31.4 Å². The fourth-order valence-electron chi connectivity index (χ4n) is 2.66. The summed E-state index contributed by atoms with van der Waals surface area (Å²) >= 11 is 1.56. The number of fused-ring (bicyclic) bond motifs is 1. The summed E-state index contributed by atoms with van der Waals surface area (Å²) in [6.07, 6.45) is 3.16. The lowest BCUT2D eigenvalue weighted by molar-refractivity contribution is 0.600. The molecule has 2 aromatic heterocycles. The van der Waals surface area contributed by atoms with E-state index in [0.29, 0.717) is 5.82 Å². The van der Waals surface area contributed by atoms with Crippen molar-refractivity contribution in [2.24, 2.45) is 0 Å². The summed E-state index contributed by atoms with van der Waals surface area (Å²) < 4.78 is 23.1. The molecule has 0 aliphatic heterocycles. The van der Waals surface area contributed by atoms with E-state index in [9.17, 15) is 8.42 Å². The topological polar surface area (TPSA) is 72.0 Å². The number of rotatable bonds is 7. The number of anilines is 1. The number of nitrogens with one attached hydrogen (secondary N) is 1. The highest BCUT2D eigenvalue weighted by atomic mass is 32.2. The molecule has 1 aromatic carbocycles. The van der Waals surface area contributed by atoms with Crippen LogP contribution in [0.15, 0.2) is 36.4 Å². The van der Waals surface area contributed by atoms with E-state index >= 15 is 0 Å². The van der Waals surface area contributed by atoms with Gasteiger partial charge in [-0.1, -0.05) is 30.3 Å². The highest BCUT2D eigenvalue weighted by Crippen LogP contribution is 2.28. The van der Waals surface area contributed by atoms with Crippen LogP contribution in [0.2, 0.25) is 0 Å². The molecule has 0 aliphatic rings. The number of benzene rings is 1. The first-order valence-electron chi connectivity index (χ1n) is 8.13. The van der Waals surface area contributed by atoms with Crippen molar-refractivity contribution < 1.29 is 8.42 Å². The van der Waals surface area contributed by atoms with Crippen molar-refractivity contribution in [1.82, 2.24) is 9.97 Å². The lowest BCUT2D eigenvalue weighted by atomic mass is 10.1. The van der Waals surface area contributed by atoms with E-state index in [1.54, 1.807) is 11.3 Å². The Bertz CT molecular complexity index is 967. The van der Waals surface area contributed by atoms with E-state index in [1.165, 1.54) is 11.8 Å². The van der Waals surface area contributed by atoms with Gasteiger partial charge in [0.15, 0.2) is 9.84 Å². The Hall–Kier alpha value is -1.99. The molecule has 0 saturated heterocycles. The van der Waals surface area contributed by atoms with Gasteiger partial charge in [-0.25, -0.2) is 18.4 Å². The zero-order valence-corrected chi connectivity index (χ0v) is 16.0. The molecule has 132 valence electrons. The number of nitrogens with zero attached hydrogens (tertiary/aromatic N) is 2. The minimum Gasteiger partial charge on any atom is -0.369 e. The molecule has 0 aliphatic carbocycles. The minimum atomic E-state index is -3.17. The van der Waals surface area contributed by atoms with Gasteiger partial charge in [-0.3, -0.25) is 0 Å². The first-order chi connectivity index (χ1) is 11.9. The smallest absolute Gasteiger partial charge is 0.154 e. The molecule has 7 heteroatoms. The molecule has 0 radical (unpaired) electrons. The average molecular weight is 376 g/mol. The standard InChI is InChI=1S/C18H21N3O2S2/c1-13-11-15-17(19-10-6-9-14-7-4-3-5-8-14)20-16(12-25(2,22)23)21-18(15)24-13/h3-5,7-8,11H,6,9-10,12H2,1-2H3,(H,19,20,21). The Morgan fingerprint density at radius 1 is 1.16 bits per heavy atom. The number of aryl methyl sites for hydroxylation is 2. The highest BCUT2D eigenvalue weighted by molar-refractivity contribution is 7.89. The first-order valence-corrected chi connectivity index (χ1v) is 11.0. The largest absolute Gasteiger partial charge is 0.369 e. The van der Waals surface area contributed by atoms with Crippen molar-refractivity contribution >= 4 is 37.2 Å². The van der Waals surface area contributed by atoms with Gasteiger partial charge in [0.05, 0.1) is 5.39 Å². The Kier molecular flexibility index (Phi) is 5.34. The van der Waals surface area contributed by atoms with Gasteiger partial charge in [0.2, 0.25) is 0 Å². The lowest BCUT2D eigenvalue weighted by Gasteiger charge is -2.09. The molecular formula is C18H21N3O2S2. The van der Waals surface area contributed by atoms with E-state index in [0.717, 1.165) is 40.3 Å². The van der Waals surface area contributed by atoms with E-state index in [4.69, 9.17) is 0 Å². The van der Waals surface area contributed by atoms with E-state index in [-0.39, 0.29) is 5.75 Å². The van der Waals surface area contributed by atoms with Crippen LogP contribution in [0.3, 0.4) is 0 Å².